The summed E-state index contributed by atoms with van der Waals surface area (Å²) >= 11 is 0. The Bertz CT molecular complexity index is 273. The summed E-state index contributed by atoms with van der Waals surface area (Å²) in [6.07, 6.45) is 2.38. The van der Waals surface area contributed by atoms with E-state index >= 15 is 0 Å². The lowest BCUT2D eigenvalue weighted by molar-refractivity contribution is -0.218. The molecule has 0 aromatic heterocycles. The Balaban J connectivity index is 1.96. The molecule has 0 amide bonds. The first kappa shape index (κ1) is 11.9. The minimum Gasteiger partial charge on any atom is -0.367 e. The quantitative estimate of drug-likeness (QED) is 0.729. The lowest BCUT2D eigenvalue weighted by Crippen LogP contribution is -2.47. The summed E-state index contributed by atoms with van der Waals surface area (Å²) in [6.45, 7) is 8.57. The molecule has 2 heterocycles. The third-order valence-electron chi connectivity index (χ3n) is 3.44. The van der Waals surface area contributed by atoms with E-state index in [2.05, 4.69) is 5.32 Å². The van der Waals surface area contributed by atoms with Crippen LogP contribution in [0.4, 0.5) is 0 Å². The fourth-order valence-electron chi connectivity index (χ4n) is 2.38. The van der Waals surface area contributed by atoms with Crippen molar-refractivity contribution in [2.45, 2.75) is 39.7 Å². The van der Waals surface area contributed by atoms with Crippen LogP contribution in [0, 0.1) is 11.3 Å². The van der Waals surface area contributed by atoms with Crippen molar-refractivity contribution in [3.63, 3.8) is 0 Å². The lowest BCUT2D eigenvalue weighted by Gasteiger charge is -2.36. The van der Waals surface area contributed by atoms with Crippen LogP contribution in [-0.2, 0) is 9.63 Å². The largest absolute Gasteiger partial charge is 0.367 e. The van der Waals surface area contributed by atoms with Gasteiger partial charge in [-0.05, 0) is 46.1 Å². The van der Waals surface area contributed by atoms with Gasteiger partial charge in [-0.3, -0.25) is 0 Å². The number of nitrogens with zero attached hydrogens (tertiary/aromatic N) is 1. The van der Waals surface area contributed by atoms with Crippen LogP contribution in [-0.4, -0.2) is 36.7 Å². The third-order valence-corrected chi connectivity index (χ3v) is 3.44. The molecule has 2 unspecified atom stereocenters. The van der Waals surface area contributed by atoms with Crippen LogP contribution < -0.4 is 5.32 Å². The molecule has 16 heavy (non-hydrogen) atoms. The van der Waals surface area contributed by atoms with Crippen LogP contribution >= 0.6 is 0 Å². The topological polar surface area (TPSA) is 41.6 Å². The van der Waals surface area contributed by atoms with Gasteiger partial charge in [0.25, 0.3) is 0 Å². The van der Waals surface area contributed by atoms with Crippen LogP contribution in [0.5, 0.6) is 0 Å². The molecule has 0 spiro atoms. The molecule has 2 rings (SSSR count). The fraction of sp³-hybridized carbons (Fsp3) is 0.917. The van der Waals surface area contributed by atoms with E-state index in [4.69, 9.17) is 4.84 Å². The normalized spacial score (nSPS) is 31.2. The van der Waals surface area contributed by atoms with Gasteiger partial charge in [-0.25, -0.2) is 4.79 Å². The number of carbonyl (C=O) groups is 1. The number of hydrogen-bond acceptors (Lipinski definition) is 4. The second kappa shape index (κ2) is 4.34. The highest BCUT2D eigenvalue weighted by atomic mass is 16.7. The minimum atomic E-state index is -0.418. The number of carbonyl (C=O) groups excluding carboxylic acids is 1. The molecule has 2 aliphatic heterocycles. The predicted octanol–water partition coefficient (Wildman–Crippen LogP) is 1.17. The molecule has 0 bridgehead atoms. The van der Waals surface area contributed by atoms with E-state index in [1.807, 2.05) is 25.8 Å². The summed E-state index contributed by atoms with van der Waals surface area (Å²) in [5.74, 6) is 0.529. The van der Waals surface area contributed by atoms with Crippen LogP contribution in [0.3, 0.4) is 0 Å². The Labute approximate surface area is 97.3 Å². The molecule has 1 N–H and O–H groups in total. The summed E-state index contributed by atoms with van der Waals surface area (Å²) in [4.78, 5) is 17.4. The van der Waals surface area contributed by atoms with E-state index in [0.717, 1.165) is 26.1 Å². The highest BCUT2D eigenvalue weighted by Gasteiger charge is 2.38. The van der Waals surface area contributed by atoms with Gasteiger partial charge < -0.3 is 10.2 Å². The van der Waals surface area contributed by atoms with Crippen LogP contribution in [0.2, 0.25) is 0 Å². The molecule has 2 atom stereocenters. The van der Waals surface area contributed by atoms with Crippen molar-refractivity contribution in [1.29, 1.82) is 0 Å². The average Bonchev–Trinajstić information content (AvgIpc) is 2.65. The van der Waals surface area contributed by atoms with E-state index in [1.54, 1.807) is 0 Å². The van der Waals surface area contributed by atoms with Gasteiger partial charge in [0.2, 0.25) is 0 Å². The first-order valence-electron chi connectivity index (χ1n) is 6.18. The molecule has 0 saturated carbocycles. The molecule has 2 aliphatic rings. The summed E-state index contributed by atoms with van der Waals surface area (Å²) in [6, 6.07) is 0.389. The van der Waals surface area contributed by atoms with Crippen LogP contribution in [0.15, 0.2) is 0 Å². The number of hydrogen-bond donors (Lipinski definition) is 1. The van der Waals surface area contributed by atoms with Gasteiger partial charge in [0.1, 0.15) is 0 Å². The van der Waals surface area contributed by atoms with E-state index in [9.17, 15) is 4.79 Å². The zero-order valence-corrected chi connectivity index (χ0v) is 10.5. The maximum atomic E-state index is 11.8. The molecular formula is C12H22N2O2. The summed E-state index contributed by atoms with van der Waals surface area (Å²) in [5.41, 5.74) is -0.418. The first-order chi connectivity index (χ1) is 7.48. The van der Waals surface area contributed by atoms with E-state index in [0.29, 0.717) is 12.0 Å². The molecule has 4 heteroatoms. The summed E-state index contributed by atoms with van der Waals surface area (Å²) < 4.78 is 0. The summed E-state index contributed by atoms with van der Waals surface area (Å²) in [5, 5.41) is 5.28. The second-order valence-electron chi connectivity index (χ2n) is 5.90. The van der Waals surface area contributed by atoms with Gasteiger partial charge in [-0.15, -0.1) is 5.06 Å². The third kappa shape index (κ3) is 2.38. The SMILES string of the molecule is CC(C)(C)C(=O)ON1CCCC2CNCC21. The van der Waals surface area contributed by atoms with Crippen molar-refractivity contribution in [2.24, 2.45) is 11.3 Å². The Hall–Kier alpha value is -0.610. The predicted molar refractivity (Wildman–Crippen MR) is 61.6 cm³/mol. The molecule has 2 saturated heterocycles. The molecule has 0 radical (unpaired) electrons. The fourth-order valence-corrected chi connectivity index (χ4v) is 2.38. The van der Waals surface area contributed by atoms with Gasteiger partial charge in [0.05, 0.1) is 11.5 Å². The average molecular weight is 226 g/mol. The van der Waals surface area contributed by atoms with Crippen LogP contribution in [0.25, 0.3) is 0 Å². The van der Waals surface area contributed by atoms with Gasteiger partial charge in [-0.1, -0.05) is 0 Å². The van der Waals surface area contributed by atoms with E-state index in [1.165, 1.54) is 6.42 Å². The monoisotopic (exact) mass is 226 g/mol. The van der Waals surface area contributed by atoms with E-state index < -0.39 is 5.41 Å². The Kier molecular flexibility index (Phi) is 3.22. The molecular weight excluding hydrogens is 204 g/mol. The minimum absolute atomic E-state index is 0.125. The first-order valence-corrected chi connectivity index (χ1v) is 6.18. The van der Waals surface area contributed by atoms with Crippen molar-refractivity contribution in [3.05, 3.63) is 0 Å². The van der Waals surface area contributed by atoms with Crippen molar-refractivity contribution in [3.8, 4) is 0 Å². The molecule has 0 aromatic rings. The Morgan fingerprint density at radius 1 is 1.38 bits per heavy atom. The molecule has 4 nitrogen and oxygen atoms in total. The van der Waals surface area contributed by atoms with Crippen molar-refractivity contribution >= 4 is 5.97 Å². The second-order valence-corrected chi connectivity index (χ2v) is 5.90. The van der Waals surface area contributed by atoms with Gasteiger partial charge >= 0.3 is 5.97 Å². The highest BCUT2D eigenvalue weighted by Crippen LogP contribution is 2.28. The zero-order chi connectivity index (χ0) is 11.8. The lowest BCUT2D eigenvalue weighted by atomic mass is 9.93. The van der Waals surface area contributed by atoms with Crippen LogP contribution in [0.1, 0.15) is 33.6 Å². The van der Waals surface area contributed by atoms with Gasteiger partial charge in [0, 0.05) is 13.1 Å². The standard InChI is InChI=1S/C12H22N2O2/c1-12(2,3)11(15)16-14-6-4-5-9-7-13-8-10(9)14/h9-10,13H,4-8H2,1-3H3. The molecule has 92 valence electrons. The van der Waals surface area contributed by atoms with Gasteiger partial charge in [0.15, 0.2) is 0 Å². The maximum Gasteiger partial charge on any atom is 0.330 e. The highest BCUT2D eigenvalue weighted by molar-refractivity contribution is 5.75. The van der Waals surface area contributed by atoms with E-state index in [-0.39, 0.29) is 5.97 Å². The maximum absolute atomic E-state index is 11.8. The van der Waals surface area contributed by atoms with Gasteiger partial charge in [-0.2, -0.15) is 0 Å². The molecule has 2 fully saturated rings. The molecule has 0 aliphatic carbocycles. The smallest absolute Gasteiger partial charge is 0.330 e. The number of rotatable bonds is 1. The number of nitrogens with one attached hydrogen (secondary N) is 1. The number of fused-ring (bicyclic) bond motifs is 1. The Morgan fingerprint density at radius 3 is 2.81 bits per heavy atom. The zero-order valence-electron chi connectivity index (χ0n) is 10.5. The summed E-state index contributed by atoms with van der Waals surface area (Å²) in [7, 11) is 0. The molecule has 0 aromatic carbocycles. The van der Waals surface area contributed by atoms with Crippen molar-refractivity contribution in [1.82, 2.24) is 10.4 Å². The van der Waals surface area contributed by atoms with Crippen molar-refractivity contribution < 1.29 is 9.63 Å². The number of piperidine rings is 1. The number of hydroxylamine groups is 2. The Morgan fingerprint density at radius 2 is 2.12 bits per heavy atom. The van der Waals surface area contributed by atoms with Crippen molar-refractivity contribution in [2.75, 3.05) is 19.6 Å².